The Morgan fingerprint density at radius 1 is 1.42 bits per heavy atom. The van der Waals surface area contributed by atoms with Crippen LogP contribution in [-0.4, -0.2) is 25.2 Å². The lowest BCUT2D eigenvalue weighted by atomic mass is 10.1. The van der Waals surface area contributed by atoms with Crippen LogP contribution in [0.1, 0.15) is 31.4 Å². The molecule has 0 aliphatic rings. The number of carbonyl (C=O) groups is 1. The van der Waals surface area contributed by atoms with Crippen molar-refractivity contribution in [2.45, 2.75) is 25.8 Å². The van der Waals surface area contributed by atoms with E-state index in [2.05, 4.69) is 20.7 Å². The smallest absolute Gasteiger partial charge is 0.303 e. The topological polar surface area (TPSA) is 83.5 Å². The zero-order chi connectivity index (χ0) is 14.5. The van der Waals surface area contributed by atoms with Crippen LogP contribution in [0.2, 0.25) is 0 Å². The van der Waals surface area contributed by atoms with Crippen LogP contribution >= 0.6 is 15.9 Å². The number of carboxylic acids is 1. The number of carboxylic acid groups (broad SMARTS) is 1. The third kappa shape index (κ3) is 5.71. The Morgan fingerprint density at radius 3 is 2.63 bits per heavy atom. The van der Waals surface area contributed by atoms with Crippen molar-refractivity contribution in [3.05, 3.63) is 34.3 Å². The Kier molecular flexibility index (Phi) is 5.96. The molecule has 106 valence electrons. The molecule has 0 unspecified atom stereocenters. The fourth-order valence-electron chi connectivity index (χ4n) is 1.63. The van der Waals surface area contributed by atoms with Crippen molar-refractivity contribution in [3.63, 3.8) is 0 Å². The molecule has 7 heteroatoms. The van der Waals surface area contributed by atoms with Gasteiger partial charge in [-0.15, -0.1) is 0 Å². The van der Waals surface area contributed by atoms with Crippen molar-refractivity contribution in [2.24, 2.45) is 0 Å². The van der Waals surface area contributed by atoms with Crippen LogP contribution in [0.3, 0.4) is 0 Å². The van der Waals surface area contributed by atoms with E-state index < -0.39 is 16.0 Å². The van der Waals surface area contributed by atoms with Crippen molar-refractivity contribution in [2.75, 3.05) is 5.75 Å². The maximum absolute atomic E-state index is 11.8. The third-order valence-corrected chi connectivity index (χ3v) is 4.79. The quantitative estimate of drug-likeness (QED) is 0.790. The Bertz CT molecular complexity index is 544. The molecule has 0 fully saturated rings. The molecule has 0 spiro atoms. The van der Waals surface area contributed by atoms with Gasteiger partial charge in [0.05, 0.1) is 5.75 Å². The number of nitrogens with one attached hydrogen (secondary N) is 1. The second-order valence-corrected chi connectivity index (χ2v) is 6.90. The van der Waals surface area contributed by atoms with Crippen molar-refractivity contribution in [3.8, 4) is 0 Å². The van der Waals surface area contributed by atoms with Crippen LogP contribution in [0.15, 0.2) is 28.7 Å². The molecule has 0 aromatic heterocycles. The molecular formula is C12H16BrNO4S. The lowest BCUT2D eigenvalue weighted by Gasteiger charge is -2.15. The predicted molar refractivity (Wildman–Crippen MR) is 76.3 cm³/mol. The first-order valence-electron chi connectivity index (χ1n) is 5.78. The summed E-state index contributed by atoms with van der Waals surface area (Å²) in [7, 11) is -3.48. The molecule has 19 heavy (non-hydrogen) atoms. The fraction of sp³-hybridized carbons (Fsp3) is 0.417. The molecule has 0 radical (unpaired) electrons. The summed E-state index contributed by atoms with van der Waals surface area (Å²) >= 11 is 3.36. The summed E-state index contributed by atoms with van der Waals surface area (Å²) in [6, 6.07) is 6.97. The summed E-state index contributed by atoms with van der Waals surface area (Å²) in [5, 5.41) is 8.49. The van der Waals surface area contributed by atoms with Crippen molar-refractivity contribution >= 4 is 31.9 Å². The Hall–Kier alpha value is -0.920. The summed E-state index contributed by atoms with van der Waals surface area (Å²) in [6.45, 7) is 1.74. The standard InChI is InChI=1S/C12H16BrNO4S/c1-9(10-5-2-3-6-11(10)13)14-19(17,18)8-4-7-12(15)16/h2-3,5-6,9,14H,4,7-8H2,1H3,(H,15,16)/t9-/m1/s1. The second kappa shape index (κ2) is 7.02. The Balaban J connectivity index is 2.63. The Labute approximate surface area is 121 Å². The van der Waals surface area contributed by atoms with E-state index in [9.17, 15) is 13.2 Å². The van der Waals surface area contributed by atoms with Gasteiger partial charge in [0, 0.05) is 16.9 Å². The molecule has 1 rings (SSSR count). The van der Waals surface area contributed by atoms with E-state index in [-0.39, 0.29) is 24.6 Å². The molecule has 2 N–H and O–H groups in total. The van der Waals surface area contributed by atoms with Gasteiger partial charge >= 0.3 is 5.97 Å². The fourth-order valence-corrected chi connectivity index (χ4v) is 3.57. The van der Waals surface area contributed by atoms with E-state index >= 15 is 0 Å². The number of hydrogen-bond donors (Lipinski definition) is 2. The largest absolute Gasteiger partial charge is 0.481 e. The summed E-state index contributed by atoms with van der Waals surface area (Å²) < 4.78 is 26.9. The zero-order valence-electron chi connectivity index (χ0n) is 10.5. The van der Waals surface area contributed by atoms with Gasteiger partial charge in [-0.2, -0.15) is 0 Å². The highest BCUT2D eigenvalue weighted by molar-refractivity contribution is 9.10. The van der Waals surface area contributed by atoms with Gasteiger partial charge in [0.25, 0.3) is 0 Å². The molecule has 0 bridgehead atoms. The number of benzene rings is 1. The minimum atomic E-state index is -3.48. The van der Waals surface area contributed by atoms with Crippen LogP contribution < -0.4 is 4.72 Å². The molecule has 0 saturated heterocycles. The number of hydrogen-bond acceptors (Lipinski definition) is 3. The average Bonchev–Trinajstić information content (AvgIpc) is 2.27. The number of halogens is 1. The van der Waals surface area contributed by atoms with E-state index in [1.807, 2.05) is 24.3 Å². The summed E-state index contributed by atoms with van der Waals surface area (Å²) in [5.41, 5.74) is 0.837. The van der Waals surface area contributed by atoms with Crippen molar-refractivity contribution < 1.29 is 18.3 Å². The first kappa shape index (κ1) is 16.1. The second-order valence-electron chi connectivity index (χ2n) is 4.18. The highest BCUT2D eigenvalue weighted by atomic mass is 79.9. The van der Waals surface area contributed by atoms with Gasteiger partial charge in [-0.05, 0) is 25.0 Å². The highest BCUT2D eigenvalue weighted by Gasteiger charge is 2.17. The van der Waals surface area contributed by atoms with E-state index in [0.29, 0.717) is 0 Å². The van der Waals surface area contributed by atoms with Crippen LogP contribution in [0.5, 0.6) is 0 Å². The molecule has 0 aliphatic carbocycles. The number of rotatable bonds is 7. The highest BCUT2D eigenvalue weighted by Crippen LogP contribution is 2.23. The van der Waals surface area contributed by atoms with Crippen molar-refractivity contribution in [1.82, 2.24) is 4.72 Å². The maximum atomic E-state index is 11.8. The predicted octanol–water partition coefficient (Wildman–Crippen LogP) is 2.29. The van der Waals surface area contributed by atoms with Gasteiger partial charge in [0.1, 0.15) is 0 Å². The van der Waals surface area contributed by atoms with Gasteiger partial charge in [-0.3, -0.25) is 4.79 Å². The van der Waals surface area contributed by atoms with Gasteiger partial charge in [-0.25, -0.2) is 13.1 Å². The molecule has 1 atom stereocenters. The van der Waals surface area contributed by atoms with E-state index in [0.717, 1.165) is 10.0 Å². The summed E-state index contributed by atoms with van der Waals surface area (Å²) in [4.78, 5) is 10.4. The first-order valence-corrected chi connectivity index (χ1v) is 8.22. The van der Waals surface area contributed by atoms with E-state index in [1.165, 1.54) is 0 Å². The summed E-state index contributed by atoms with van der Waals surface area (Å²) in [5.74, 6) is -1.18. The summed E-state index contributed by atoms with van der Waals surface area (Å²) in [6.07, 6.45) is -0.0440. The van der Waals surface area contributed by atoms with Crippen LogP contribution in [0.25, 0.3) is 0 Å². The third-order valence-electron chi connectivity index (χ3n) is 2.53. The normalized spacial score (nSPS) is 13.2. The minimum Gasteiger partial charge on any atom is -0.481 e. The SMILES string of the molecule is C[C@@H](NS(=O)(=O)CCCC(=O)O)c1ccccc1Br. The van der Waals surface area contributed by atoms with Gasteiger partial charge in [0.2, 0.25) is 10.0 Å². The molecular weight excluding hydrogens is 334 g/mol. The molecule has 0 heterocycles. The number of aliphatic carboxylic acids is 1. The lowest BCUT2D eigenvalue weighted by Crippen LogP contribution is -2.29. The maximum Gasteiger partial charge on any atom is 0.303 e. The lowest BCUT2D eigenvalue weighted by molar-refractivity contribution is -0.137. The molecule has 5 nitrogen and oxygen atoms in total. The van der Waals surface area contributed by atoms with Crippen LogP contribution in [-0.2, 0) is 14.8 Å². The van der Waals surface area contributed by atoms with Gasteiger partial charge in [-0.1, -0.05) is 34.1 Å². The molecule has 0 amide bonds. The molecule has 1 aromatic rings. The first-order chi connectivity index (χ1) is 8.82. The number of sulfonamides is 1. The zero-order valence-corrected chi connectivity index (χ0v) is 12.9. The molecule has 1 aromatic carbocycles. The van der Waals surface area contributed by atoms with Crippen LogP contribution in [0, 0.1) is 0 Å². The Morgan fingerprint density at radius 2 is 2.05 bits per heavy atom. The van der Waals surface area contributed by atoms with Crippen LogP contribution in [0.4, 0.5) is 0 Å². The van der Waals surface area contributed by atoms with Gasteiger partial charge in [0.15, 0.2) is 0 Å². The van der Waals surface area contributed by atoms with E-state index in [1.54, 1.807) is 6.92 Å². The van der Waals surface area contributed by atoms with E-state index in [4.69, 9.17) is 5.11 Å². The average molecular weight is 350 g/mol. The van der Waals surface area contributed by atoms with Gasteiger partial charge < -0.3 is 5.11 Å². The van der Waals surface area contributed by atoms with Crippen molar-refractivity contribution in [1.29, 1.82) is 0 Å². The monoisotopic (exact) mass is 349 g/mol. The minimum absolute atomic E-state index is 0.105. The molecule has 0 saturated carbocycles. The molecule has 0 aliphatic heterocycles.